The number of hydrazine groups is 1. The summed E-state index contributed by atoms with van der Waals surface area (Å²) >= 11 is 0. The molecule has 0 spiro atoms. The molecule has 2 aliphatic heterocycles. The minimum atomic E-state index is -0.392. The average Bonchev–Trinajstić information content (AvgIpc) is 3.89. The van der Waals surface area contributed by atoms with Gasteiger partial charge >= 0.3 is 6.03 Å². The first-order valence-corrected chi connectivity index (χ1v) is 18.2. The highest BCUT2D eigenvalue weighted by Crippen LogP contribution is 2.56. The van der Waals surface area contributed by atoms with Gasteiger partial charge in [0, 0.05) is 70.0 Å². The van der Waals surface area contributed by atoms with Gasteiger partial charge in [-0.2, -0.15) is 0 Å². The van der Waals surface area contributed by atoms with Gasteiger partial charge in [-0.15, -0.1) is 0 Å². The first kappa shape index (κ1) is 31.7. The lowest BCUT2D eigenvalue weighted by molar-refractivity contribution is -0.143. The molecule has 3 saturated carbocycles. The lowest BCUT2D eigenvalue weighted by Crippen LogP contribution is -2.59. The standard InChI is InChI=1S/C37H54N6O3/c1-25-30-21-31(35(25)43(38)37(46)41-16-7-8-17-41)34(32(30)24-44)36(45)39(2)22-27-10-3-4-11-28(27)23-40-18-14-29(15-19-40)42-20-13-26-9-5-6-12-33(26)42/h5-6,9,12-13,20,24-25,27-32,34-35H,3-4,7-8,10-11,14-19,21-23,38H2,1-2H3. The van der Waals surface area contributed by atoms with E-state index in [1.807, 2.05) is 16.8 Å². The Bertz CT molecular complexity index is 1400. The van der Waals surface area contributed by atoms with Crippen LogP contribution in [0.15, 0.2) is 36.5 Å². The molecule has 3 amide bonds. The molecule has 2 bridgehead atoms. The third-order valence-electron chi connectivity index (χ3n) is 13.0. The average molecular weight is 631 g/mol. The number of hydrogen-bond acceptors (Lipinski definition) is 5. The molecular weight excluding hydrogens is 576 g/mol. The molecule has 9 nitrogen and oxygen atoms in total. The quantitative estimate of drug-likeness (QED) is 0.191. The summed E-state index contributed by atoms with van der Waals surface area (Å²) in [5.41, 5.74) is 1.34. The van der Waals surface area contributed by atoms with Crippen molar-refractivity contribution in [3.8, 4) is 0 Å². The molecule has 2 saturated heterocycles. The molecule has 250 valence electrons. The van der Waals surface area contributed by atoms with Crippen molar-refractivity contribution in [1.82, 2.24) is 24.3 Å². The van der Waals surface area contributed by atoms with E-state index in [-0.39, 0.29) is 41.7 Å². The molecule has 5 fully saturated rings. The summed E-state index contributed by atoms with van der Waals surface area (Å²) < 4.78 is 2.48. The number of rotatable bonds is 8. The Morgan fingerprint density at radius 3 is 2.39 bits per heavy atom. The van der Waals surface area contributed by atoms with E-state index in [9.17, 15) is 14.4 Å². The fourth-order valence-electron chi connectivity index (χ4n) is 10.5. The van der Waals surface area contributed by atoms with Crippen LogP contribution < -0.4 is 5.84 Å². The number of urea groups is 1. The van der Waals surface area contributed by atoms with Crippen LogP contribution in [0.3, 0.4) is 0 Å². The predicted octanol–water partition coefficient (Wildman–Crippen LogP) is 5.02. The normalized spacial score (nSPS) is 33.5. The number of benzene rings is 1. The van der Waals surface area contributed by atoms with Gasteiger partial charge in [-0.3, -0.25) is 9.80 Å². The van der Waals surface area contributed by atoms with E-state index in [1.54, 1.807) is 0 Å². The second kappa shape index (κ2) is 13.3. The minimum Gasteiger partial charge on any atom is -0.345 e. The van der Waals surface area contributed by atoms with Crippen LogP contribution >= 0.6 is 0 Å². The van der Waals surface area contributed by atoms with Crippen molar-refractivity contribution in [3.63, 3.8) is 0 Å². The van der Waals surface area contributed by atoms with Crippen molar-refractivity contribution in [1.29, 1.82) is 0 Å². The first-order chi connectivity index (χ1) is 22.4. The van der Waals surface area contributed by atoms with E-state index < -0.39 is 5.92 Å². The van der Waals surface area contributed by atoms with Gasteiger partial charge in [-0.25, -0.2) is 10.6 Å². The maximum atomic E-state index is 14.2. The topological polar surface area (TPSA) is 95.1 Å². The van der Waals surface area contributed by atoms with Gasteiger partial charge in [0.05, 0.1) is 12.0 Å². The van der Waals surface area contributed by atoms with E-state index in [0.29, 0.717) is 17.9 Å². The van der Waals surface area contributed by atoms with Gasteiger partial charge in [0.2, 0.25) is 5.91 Å². The Kier molecular flexibility index (Phi) is 9.16. The highest BCUT2D eigenvalue weighted by Gasteiger charge is 2.61. The number of carbonyl (C=O) groups excluding carboxylic acids is 3. The number of aromatic nitrogens is 1. The van der Waals surface area contributed by atoms with Crippen LogP contribution in [0.4, 0.5) is 4.79 Å². The Labute approximate surface area is 274 Å². The summed E-state index contributed by atoms with van der Waals surface area (Å²) in [5, 5.41) is 2.75. The zero-order valence-electron chi connectivity index (χ0n) is 27.9. The van der Waals surface area contributed by atoms with E-state index >= 15 is 0 Å². The van der Waals surface area contributed by atoms with Gasteiger partial charge in [0.25, 0.3) is 0 Å². The van der Waals surface area contributed by atoms with Crippen LogP contribution in [-0.2, 0) is 9.59 Å². The maximum absolute atomic E-state index is 14.2. The Balaban J connectivity index is 0.973. The van der Waals surface area contributed by atoms with E-state index in [2.05, 4.69) is 52.9 Å². The molecule has 7 rings (SSSR count). The minimum absolute atomic E-state index is 0.0671. The summed E-state index contributed by atoms with van der Waals surface area (Å²) in [5.74, 6) is 7.13. The SMILES string of the molecule is CC1C2CC(C(C(=O)N(C)CC3CCCCC3CN3CCC(n4ccc5ccccc54)CC3)C2C=O)C1N(N)C(=O)N1CCCC1. The molecule has 5 aliphatic rings. The van der Waals surface area contributed by atoms with Crippen molar-refractivity contribution in [2.75, 3.05) is 46.3 Å². The smallest absolute Gasteiger partial charge is 0.334 e. The number of para-hydroxylation sites is 1. The molecule has 3 aliphatic carbocycles. The fraction of sp³-hybridized carbons (Fsp3) is 0.703. The zero-order chi connectivity index (χ0) is 31.9. The Morgan fingerprint density at radius 2 is 1.65 bits per heavy atom. The number of fused-ring (bicyclic) bond motifs is 3. The molecule has 8 unspecified atom stereocenters. The number of amides is 3. The number of likely N-dealkylation sites (tertiary alicyclic amines) is 2. The lowest BCUT2D eigenvalue weighted by Gasteiger charge is -2.43. The lowest BCUT2D eigenvalue weighted by atomic mass is 9.71. The molecule has 2 N–H and O–H groups in total. The van der Waals surface area contributed by atoms with Crippen LogP contribution in [-0.4, -0.2) is 94.9 Å². The molecule has 9 heteroatoms. The highest BCUT2D eigenvalue weighted by atomic mass is 16.2. The van der Waals surface area contributed by atoms with Crippen LogP contribution in [0.25, 0.3) is 10.9 Å². The summed E-state index contributed by atoms with van der Waals surface area (Å²) in [6, 6.07) is 11.1. The van der Waals surface area contributed by atoms with Crippen LogP contribution in [0.1, 0.15) is 70.8 Å². The third kappa shape index (κ3) is 5.76. The second-order valence-electron chi connectivity index (χ2n) is 15.4. The molecule has 1 aromatic heterocycles. The summed E-state index contributed by atoms with van der Waals surface area (Å²) in [7, 11) is 1.95. The molecular formula is C37H54N6O3. The predicted molar refractivity (Wildman–Crippen MR) is 180 cm³/mol. The summed E-state index contributed by atoms with van der Waals surface area (Å²) in [6.07, 6.45) is 13.3. The Morgan fingerprint density at radius 1 is 0.935 bits per heavy atom. The van der Waals surface area contributed by atoms with Gasteiger partial charge in [0.1, 0.15) is 6.29 Å². The number of nitrogens with two attached hydrogens (primary N) is 1. The summed E-state index contributed by atoms with van der Waals surface area (Å²) in [6.45, 7) is 7.69. The second-order valence-corrected chi connectivity index (χ2v) is 15.4. The molecule has 1 aromatic carbocycles. The van der Waals surface area contributed by atoms with Crippen molar-refractivity contribution in [2.45, 2.75) is 76.8 Å². The van der Waals surface area contributed by atoms with E-state index in [0.717, 1.165) is 71.2 Å². The van der Waals surface area contributed by atoms with Gasteiger partial charge < -0.3 is 24.1 Å². The number of carbonyl (C=O) groups is 3. The number of piperidine rings is 1. The number of hydrogen-bond donors (Lipinski definition) is 1. The van der Waals surface area contributed by atoms with Crippen molar-refractivity contribution in [3.05, 3.63) is 36.5 Å². The molecule has 8 atom stereocenters. The number of aldehydes is 1. The molecule has 0 radical (unpaired) electrons. The van der Waals surface area contributed by atoms with Gasteiger partial charge in [-0.1, -0.05) is 38.0 Å². The van der Waals surface area contributed by atoms with Crippen LogP contribution in [0.5, 0.6) is 0 Å². The monoisotopic (exact) mass is 630 g/mol. The molecule has 46 heavy (non-hydrogen) atoms. The zero-order valence-corrected chi connectivity index (χ0v) is 27.9. The third-order valence-corrected chi connectivity index (χ3v) is 13.0. The van der Waals surface area contributed by atoms with Crippen molar-refractivity contribution < 1.29 is 14.4 Å². The van der Waals surface area contributed by atoms with Crippen LogP contribution in [0.2, 0.25) is 0 Å². The largest absolute Gasteiger partial charge is 0.345 e. The Hall–Kier alpha value is -2.91. The van der Waals surface area contributed by atoms with Crippen LogP contribution in [0, 0.1) is 41.4 Å². The molecule has 2 aromatic rings. The highest BCUT2D eigenvalue weighted by molar-refractivity contribution is 5.84. The molecule has 3 heterocycles. The fourth-order valence-corrected chi connectivity index (χ4v) is 10.5. The van der Waals surface area contributed by atoms with Crippen molar-refractivity contribution >= 4 is 29.1 Å². The van der Waals surface area contributed by atoms with Gasteiger partial charge in [-0.05, 0) is 92.1 Å². The summed E-state index contributed by atoms with van der Waals surface area (Å²) in [4.78, 5) is 46.4. The van der Waals surface area contributed by atoms with Gasteiger partial charge in [0.15, 0.2) is 0 Å². The van der Waals surface area contributed by atoms with E-state index in [1.165, 1.54) is 48.0 Å². The maximum Gasteiger partial charge on any atom is 0.334 e. The number of nitrogens with zero attached hydrogens (tertiary/aromatic N) is 5. The van der Waals surface area contributed by atoms with Crippen molar-refractivity contribution in [2.24, 2.45) is 47.3 Å². The first-order valence-electron chi connectivity index (χ1n) is 18.2. The van der Waals surface area contributed by atoms with E-state index in [4.69, 9.17) is 5.84 Å².